The van der Waals surface area contributed by atoms with Crippen molar-refractivity contribution >= 4 is 50.5 Å². The molecule has 0 aliphatic heterocycles. The van der Waals surface area contributed by atoms with E-state index < -0.39 is 76.6 Å². The fraction of sp³-hybridized carbons (Fsp3) is 0.333. The van der Waals surface area contributed by atoms with Crippen molar-refractivity contribution in [2.75, 3.05) is 12.8 Å². The highest BCUT2D eigenvalue weighted by atomic mass is 32.2. The Labute approximate surface area is 278 Å². The number of sulfone groups is 1. The van der Waals surface area contributed by atoms with E-state index in [0.717, 1.165) is 28.7 Å². The number of carbonyl (C=O) groups is 5. The zero-order valence-electron chi connectivity index (χ0n) is 26.7. The topological polar surface area (TPSA) is 210 Å². The molecule has 3 aromatic rings. The van der Waals surface area contributed by atoms with Crippen molar-refractivity contribution < 1.29 is 42.2 Å². The molecule has 0 spiro atoms. The molecule has 0 aliphatic rings. The van der Waals surface area contributed by atoms with Crippen molar-refractivity contribution in [1.29, 1.82) is 0 Å². The van der Waals surface area contributed by atoms with Gasteiger partial charge >= 0.3 is 12.1 Å². The van der Waals surface area contributed by atoms with Crippen LogP contribution in [0, 0.1) is 5.92 Å². The first kappa shape index (κ1) is 37.2. The van der Waals surface area contributed by atoms with Gasteiger partial charge in [0.25, 0.3) is 0 Å². The second-order valence-electron chi connectivity index (χ2n) is 11.3. The number of nitrogens with one attached hydrogen (secondary N) is 4. The zero-order valence-corrected chi connectivity index (χ0v) is 27.5. The smallest absolute Gasteiger partial charge is 0.407 e. The maximum absolute atomic E-state index is 13.7. The fourth-order valence-electron chi connectivity index (χ4n) is 4.47. The predicted octanol–water partition coefficient (Wildman–Crippen LogP) is 1.85. The number of fused-ring (bicyclic) bond motifs is 1. The molecule has 0 radical (unpaired) electrons. The van der Waals surface area contributed by atoms with Crippen molar-refractivity contribution in [3.8, 4) is 0 Å². The lowest BCUT2D eigenvalue weighted by Crippen LogP contribution is -2.57. The van der Waals surface area contributed by atoms with Gasteiger partial charge in [0.1, 0.15) is 25.2 Å². The lowest BCUT2D eigenvalue weighted by molar-refractivity contribution is -0.137. The van der Waals surface area contributed by atoms with Gasteiger partial charge < -0.3 is 31.1 Å². The van der Waals surface area contributed by atoms with Crippen LogP contribution in [0.1, 0.15) is 31.5 Å². The van der Waals surface area contributed by atoms with E-state index in [1.165, 1.54) is 0 Å². The van der Waals surface area contributed by atoms with Crippen LogP contribution >= 0.6 is 0 Å². The van der Waals surface area contributed by atoms with E-state index in [9.17, 15) is 37.5 Å². The van der Waals surface area contributed by atoms with E-state index in [1.807, 2.05) is 30.3 Å². The number of alkyl carbamates (subject to hydrolysis) is 1. The third kappa shape index (κ3) is 12.8. The first-order valence-corrected chi connectivity index (χ1v) is 16.9. The average Bonchev–Trinajstić information content (AvgIpc) is 3.03. The second-order valence-corrected chi connectivity index (χ2v) is 13.3. The lowest BCUT2D eigenvalue weighted by atomic mass is 10.0. The number of aliphatic carboxylic acids is 1. The van der Waals surface area contributed by atoms with Crippen LogP contribution < -0.4 is 21.3 Å². The molecule has 48 heavy (non-hydrogen) atoms. The highest BCUT2D eigenvalue weighted by molar-refractivity contribution is 7.93. The van der Waals surface area contributed by atoms with Crippen molar-refractivity contribution in [3.63, 3.8) is 0 Å². The molecule has 0 aliphatic carbocycles. The highest BCUT2D eigenvalue weighted by Gasteiger charge is 2.30. The number of para-hydroxylation sites is 1. The Kier molecular flexibility index (Phi) is 13.6. The van der Waals surface area contributed by atoms with Crippen LogP contribution in [0.4, 0.5) is 4.79 Å². The molecule has 0 fully saturated rings. The van der Waals surface area contributed by atoms with E-state index in [-0.39, 0.29) is 13.0 Å². The second kappa shape index (κ2) is 17.6. The van der Waals surface area contributed by atoms with E-state index >= 15 is 0 Å². The summed E-state index contributed by atoms with van der Waals surface area (Å²) in [6, 6.07) is 16.1. The summed E-state index contributed by atoms with van der Waals surface area (Å²) in [6.45, 7) is 2.77. The number of carboxylic acid groups (broad SMARTS) is 1. The largest absolute Gasteiger partial charge is 0.481 e. The molecular formula is C33H39N5O9S. The van der Waals surface area contributed by atoms with Gasteiger partial charge in [-0.3, -0.25) is 24.2 Å². The van der Waals surface area contributed by atoms with Crippen molar-refractivity contribution in [3.05, 3.63) is 89.5 Å². The molecule has 256 valence electrons. The number of ether oxygens (including phenoxy) is 1. The molecule has 2 aromatic carbocycles. The van der Waals surface area contributed by atoms with Crippen LogP contribution in [0.5, 0.6) is 0 Å². The molecule has 3 rings (SSSR count). The Hall–Kier alpha value is -5.31. The average molecular weight is 682 g/mol. The molecule has 0 bridgehead atoms. The van der Waals surface area contributed by atoms with Gasteiger partial charge in [0.05, 0.1) is 18.0 Å². The number of nitrogens with zero attached hydrogens (tertiary/aromatic N) is 1. The molecule has 0 saturated carbocycles. The number of rotatable bonds is 16. The first-order valence-electron chi connectivity index (χ1n) is 15.0. The van der Waals surface area contributed by atoms with Crippen molar-refractivity contribution in [1.82, 2.24) is 26.3 Å². The fourth-order valence-corrected chi connectivity index (χ4v) is 4.94. The predicted molar refractivity (Wildman–Crippen MR) is 177 cm³/mol. The maximum atomic E-state index is 13.7. The number of hydrogen-bond acceptors (Lipinski definition) is 9. The Morgan fingerprint density at radius 3 is 2.25 bits per heavy atom. The number of carboxylic acids is 1. The minimum atomic E-state index is -3.61. The van der Waals surface area contributed by atoms with E-state index in [0.29, 0.717) is 11.2 Å². The third-order valence-electron chi connectivity index (χ3n) is 6.85. The summed E-state index contributed by atoms with van der Waals surface area (Å²) in [5.74, 6) is -4.02. The minimum Gasteiger partial charge on any atom is -0.481 e. The van der Waals surface area contributed by atoms with Gasteiger partial charge in [0.15, 0.2) is 9.84 Å². The normalized spacial score (nSPS) is 13.3. The molecule has 0 unspecified atom stereocenters. The van der Waals surface area contributed by atoms with Crippen LogP contribution in [0.25, 0.3) is 10.9 Å². The van der Waals surface area contributed by atoms with Gasteiger partial charge in [-0.15, -0.1) is 0 Å². The number of hydrogen-bond donors (Lipinski definition) is 5. The van der Waals surface area contributed by atoms with Crippen LogP contribution in [-0.4, -0.2) is 79.2 Å². The molecule has 3 atom stereocenters. The van der Waals surface area contributed by atoms with E-state index in [2.05, 4.69) is 26.3 Å². The summed E-state index contributed by atoms with van der Waals surface area (Å²) >= 11 is 0. The molecule has 0 saturated heterocycles. The molecule has 14 nitrogen and oxygen atoms in total. The quantitative estimate of drug-likeness (QED) is 0.148. The summed E-state index contributed by atoms with van der Waals surface area (Å²) in [4.78, 5) is 68.0. The van der Waals surface area contributed by atoms with Crippen molar-refractivity contribution in [2.45, 2.75) is 51.4 Å². The number of carbonyl (C=O) groups excluding carboxylic acids is 4. The standard InChI is InChI=1S/C33H39N5O9S/c1-21(2)30(32(43)36-25(18-29(40)41)15-16-48(3,45)46)38-31(42)27(17-24-14-13-23-11-7-8-12-26(23)35-24)37-28(39)19-34-33(44)47-20-22-9-5-4-6-10-22/h4-16,21,25,27,30H,17-20H2,1-3H3,(H,34,44)(H,36,43)(H,37,39)(H,38,42)(H,40,41)/b16-15+/t25-,27-,30+/m1/s1. The van der Waals surface area contributed by atoms with Crippen LogP contribution in [0.3, 0.4) is 0 Å². The Morgan fingerprint density at radius 1 is 0.896 bits per heavy atom. The Bertz CT molecular complexity index is 1750. The molecule has 5 N–H and O–H groups in total. The molecule has 1 heterocycles. The van der Waals surface area contributed by atoms with Gasteiger partial charge in [-0.2, -0.15) is 0 Å². The highest BCUT2D eigenvalue weighted by Crippen LogP contribution is 2.14. The van der Waals surface area contributed by atoms with Gasteiger partial charge in [0, 0.05) is 29.2 Å². The lowest BCUT2D eigenvalue weighted by Gasteiger charge is -2.26. The van der Waals surface area contributed by atoms with Gasteiger partial charge in [-0.25, -0.2) is 13.2 Å². The summed E-state index contributed by atoms with van der Waals surface area (Å²) in [5, 5.41) is 20.9. The number of aromatic nitrogens is 1. The van der Waals surface area contributed by atoms with E-state index in [1.54, 1.807) is 50.2 Å². The van der Waals surface area contributed by atoms with Gasteiger partial charge in [-0.05, 0) is 23.6 Å². The SMILES string of the molecule is CC(C)[C@H](NC(=O)[C@@H](Cc1ccc2ccccc2n1)NC(=O)CNC(=O)OCc1ccccc1)C(=O)N[C@H](/C=C/S(C)(=O)=O)CC(=O)O. The Morgan fingerprint density at radius 2 is 1.58 bits per heavy atom. The van der Waals surface area contributed by atoms with Crippen LogP contribution in [-0.2, 0) is 46.8 Å². The minimum absolute atomic E-state index is 0.0109. The summed E-state index contributed by atoms with van der Waals surface area (Å²) in [7, 11) is -3.61. The summed E-state index contributed by atoms with van der Waals surface area (Å²) in [5.41, 5.74) is 1.87. The zero-order chi connectivity index (χ0) is 35.3. The monoisotopic (exact) mass is 681 g/mol. The van der Waals surface area contributed by atoms with Gasteiger partial charge in [-0.1, -0.05) is 74.5 Å². The number of pyridine rings is 1. The van der Waals surface area contributed by atoms with Crippen LogP contribution in [0.2, 0.25) is 0 Å². The van der Waals surface area contributed by atoms with Crippen molar-refractivity contribution in [2.24, 2.45) is 5.92 Å². The summed E-state index contributed by atoms with van der Waals surface area (Å²) in [6.07, 6.45) is 0.439. The number of amides is 4. The molecule has 15 heteroatoms. The molecule has 4 amide bonds. The first-order chi connectivity index (χ1) is 22.7. The Balaban J connectivity index is 1.75. The third-order valence-corrected chi connectivity index (χ3v) is 7.51. The molecular weight excluding hydrogens is 642 g/mol. The van der Waals surface area contributed by atoms with E-state index in [4.69, 9.17) is 4.74 Å². The van der Waals surface area contributed by atoms with Gasteiger partial charge in [0.2, 0.25) is 17.7 Å². The molecule has 1 aromatic heterocycles. The summed E-state index contributed by atoms with van der Waals surface area (Å²) < 4.78 is 28.3. The maximum Gasteiger partial charge on any atom is 0.407 e. The number of benzene rings is 2. The van der Waals surface area contributed by atoms with Crippen LogP contribution in [0.15, 0.2) is 78.2 Å².